The molecule has 6 heteroatoms. The fraction of sp³-hybridized carbons (Fsp3) is 0.278. The molecule has 0 bridgehead atoms. The van der Waals surface area contributed by atoms with Crippen molar-refractivity contribution in [3.63, 3.8) is 0 Å². The fourth-order valence-corrected chi connectivity index (χ4v) is 3.41. The van der Waals surface area contributed by atoms with Gasteiger partial charge in [0.25, 0.3) is 0 Å². The molecule has 0 radical (unpaired) electrons. The molecule has 0 unspecified atom stereocenters. The highest BCUT2D eigenvalue weighted by molar-refractivity contribution is 7.88. The molecule has 1 aliphatic carbocycles. The van der Waals surface area contributed by atoms with Crippen molar-refractivity contribution in [1.29, 1.82) is 0 Å². The van der Waals surface area contributed by atoms with Crippen molar-refractivity contribution in [2.24, 2.45) is 0 Å². The predicted molar refractivity (Wildman–Crippen MR) is 94.3 cm³/mol. The molecule has 0 saturated heterocycles. The monoisotopic (exact) mass is 344 g/mol. The van der Waals surface area contributed by atoms with E-state index in [1.54, 1.807) is 24.3 Å². The predicted octanol–water partition coefficient (Wildman–Crippen LogP) is 2.40. The van der Waals surface area contributed by atoms with Gasteiger partial charge in [-0.15, -0.1) is 0 Å². The van der Waals surface area contributed by atoms with Gasteiger partial charge in [-0.3, -0.25) is 4.79 Å². The molecule has 1 amide bonds. The van der Waals surface area contributed by atoms with Crippen molar-refractivity contribution < 1.29 is 13.2 Å². The van der Waals surface area contributed by atoms with Gasteiger partial charge in [0.2, 0.25) is 15.9 Å². The third kappa shape index (κ3) is 4.01. The number of carbonyl (C=O) groups excluding carboxylic acids is 1. The topological polar surface area (TPSA) is 75.3 Å². The lowest BCUT2D eigenvalue weighted by molar-refractivity contribution is -0.117. The van der Waals surface area contributed by atoms with E-state index in [0.717, 1.165) is 30.2 Å². The summed E-state index contributed by atoms with van der Waals surface area (Å²) in [5.74, 6) is -0.102. The molecular weight excluding hydrogens is 324 g/mol. The van der Waals surface area contributed by atoms with Crippen LogP contribution in [-0.4, -0.2) is 20.6 Å². The number of hydrogen-bond acceptors (Lipinski definition) is 3. The summed E-state index contributed by atoms with van der Waals surface area (Å²) < 4.78 is 24.6. The maximum Gasteiger partial charge on any atom is 0.231 e. The minimum absolute atomic E-state index is 0.00182. The molecule has 0 aliphatic heterocycles. The second-order valence-corrected chi connectivity index (χ2v) is 7.90. The maximum absolute atomic E-state index is 12.5. The SMILES string of the molecule is CS(=O)(=O)NCc1ccc(NC(=O)[C@H]2CCc3ccccc32)cc1. The van der Waals surface area contributed by atoms with Gasteiger partial charge in [0.1, 0.15) is 0 Å². The van der Waals surface area contributed by atoms with Crippen LogP contribution in [0.4, 0.5) is 5.69 Å². The lowest BCUT2D eigenvalue weighted by Gasteiger charge is -2.13. The Bertz CT molecular complexity index is 845. The Morgan fingerprint density at radius 1 is 1.12 bits per heavy atom. The van der Waals surface area contributed by atoms with Gasteiger partial charge in [-0.2, -0.15) is 0 Å². The van der Waals surface area contributed by atoms with E-state index in [2.05, 4.69) is 16.1 Å². The molecule has 2 aromatic rings. The third-order valence-electron chi connectivity index (χ3n) is 4.21. The van der Waals surface area contributed by atoms with E-state index >= 15 is 0 Å². The Kier molecular flexibility index (Phi) is 4.69. The van der Waals surface area contributed by atoms with E-state index in [0.29, 0.717) is 5.69 Å². The number of aryl methyl sites for hydroxylation is 1. The van der Waals surface area contributed by atoms with Crippen LogP contribution in [0, 0.1) is 0 Å². The number of amides is 1. The van der Waals surface area contributed by atoms with Crippen LogP contribution in [0.3, 0.4) is 0 Å². The highest BCUT2D eigenvalue weighted by Gasteiger charge is 2.28. The molecule has 126 valence electrons. The zero-order valence-corrected chi connectivity index (χ0v) is 14.3. The summed E-state index contributed by atoms with van der Waals surface area (Å²) in [7, 11) is -3.21. The van der Waals surface area contributed by atoms with Gasteiger partial charge < -0.3 is 5.32 Å². The van der Waals surface area contributed by atoms with Crippen LogP contribution in [0.25, 0.3) is 0 Å². The lowest BCUT2D eigenvalue weighted by Crippen LogP contribution is -2.21. The Hall–Kier alpha value is -2.18. The largest absolute Gasteiger partial charge is 0.326 e. The van der Waals surface area contributed by atoms with Gasteiger partial charge in [-0.05, 0) is 41.7 Å². The zero-order valence-electron chi connectivity index (χ0n) is 13.5. The van der Waals surface area contributed by atoms with Gasteiger partial charge >= 0.3 is 0 Å². The average molecular weight is 344 g/mol. The summed E-state index contributed by atoms with van der Waals surface area (Å²) in [5, 5.41) is 2.95. The number of carbonyl (C=O) groups is 1. The first kappa shape index (κ1) is 16.7. The number of fused-ring (bicyclic) bond motifs is 1. The van der Waals surface area contributed by atoms with Crippen molar-refractivity contribution in [3.8, 4) is 0 Å². The van der Waals surface area contributed by atoms with Crippen LogP contribution in [-0.2, 0) is 27.8 Å². The Balaban J connectivity index is 1.63. The molecule has 0 fully saturated rings. The van der Waals surface area contributed by atoms with Crippen LogP contribution >= 0.6 is 0 Å². The third-order valence-corrected chi connectivity index (χ3v) is 4.88. The van der Waals surface area contributed by atoms with Gasteiger partial charge in [0.05, 0.1) is 12.2 Å². The molecule has 5 nitrogen and oxygen atoms in total. The fourth-order valence-electron chi connectivity index (χ4n) is 2.98. The first-order valence-electron chi connectivity index (χ1n) is 7.84. The molecule has 2 aromatic carbocycles. The van der Waals surface area contributed by atoms with Crippen molar-refractivity contribution in [2.45, 2.75) is 25.3 Å². The van der Waals surface area contributed by atoms with Crippen LogP contribution in [0.15, 0.2) is 48.5 Å². The summed E-state index contributed by atoms with van der Waals surface area (Å²) in [6.45, 7) is 0.239. The maximum atomic E-state index is 12.5. The van der Waals surface area contributed by atoms with Crippen molar-refractivity contribution >= 4 is 21.6 Å². The van der Waals surface area contributed by atoms with E-state index in [1.807, 2.05) is 18.2 Å². The second kappa shape index (κ2) is 6.75. The Labute approximate surface area is 142 Å². The van der Waals surface area contributed by atoms with Crippen LogP contribution in [0.2, 0.25) is 0 Å². The highest BCUT2D eigenvalue weighted by Crippen LogP contribution is 2.33. The first-order chi connectivity index (χ1) is 11.4. The van der Waals surface area contributed by atoms with E-state index in [1.165, 1.54) is 5.56 Å². The van der Waals surface area contributed by atoms with Gasteiger partial charge in [-0.25, -0.2) is 13.1 Å². The van der Waals surface area contributed by atoms with Gasteiger partial charge in [0.15, 0.2) is 0 Å². The standard InChI is InChI=1S/C18H20N2O3S/c1-24(22,23)19-12-13-6-9-15(10-7-13)20-18(21)17-11-8-14-4-2-3-5-16(14)17/h2-7,9-10,17,19H,8,11-12H2,1H3,(H,20,21)/t17-/m0/s1. The van der Waals surface area contributed by atoms with Gasteiger partial charge in [0, 0.05) is 12.2 Å². The molecule has 0 saturated carbocycles. The quantitative estimate of drug-likeness (QED) is 0.874. The number of rotatable bonds is 5. The summed E-state index contributed by atoms with van der Waals surface area (Å²) in [4.78, 5) is 12.5. The molecular formula is C18H20N2O3S. The second-order valence-electron chi connectivity index (χ2n) is 6.07. The number of hydrogen-bond donors (Lipinski definition) is 2. The number of anilines is 1. The van der Waals surface area contributed by atoms with E-state index in [4.69, 9.17) is 0 Å². The minimum Gasteiger partial charge on any atom is -0.326 e. The molecule has 3 rings (SSSR count). The number of nitrogens with one attached hydrogen (secondary N) is 2. The lowest BCUT2D eigenvalue weighted by atomic mass is 10.0. The molecule has 0 aromatic heterocycles. The van der Waals surface area contributed by atoms with Crippen molar-refractivity contribution in [2.75, 3.05) is 11.6 Å². The average Bonchev–Trinajstić information content (AvgIpc) is 2.97. The summed E-state index contributed by atoms with van der Waals surface area (Å²) in [6.07, 6.45) is 2.90. The van der Waals surface area contributed by atoms with E-state index in [-0.39, 0.29) is 18.4 Å². The van der Waals surface area contributed by atoms with Crippen molar-refractivity contribution in [1.82, 2.24) is 4.72 Å². The normalized spacial score (nSPS) is 16.6. The number of sulfonamides is 1. The van der Waals surface area contributed by atoms with Crippen LogP contribution in [0.5, 0.6) is 0 Å². The smallest absolute Gasteiger partial charge is 0.231 e. The van der Waals surface area contributed by atoms with E-state index < -0.39 is 10.0 Å². The van der Waals surface area contributed by atoms with Gasteiger partial charge in [-0.1, -0.05) is 36.4 Å². The highest BCUT2D eigenvalue weighted by atomic mass is 32.2. The minimum atomic E-state index is -3.21. The summed E-state index contributed by atoms with van der Waals surface area (Å²) in [6, 6.07) is 15.2. The molecule has 1 atom stereocenters. The Morgan fingerprint density at radius 3 is 2.54 bits per heavy atom. The van der Waals surface area contributed by atoms with Crippen molar-refractivity contribution in [3.05, 3.63) is 65.2 Å². The molecule has 24 heavy (non-hydrogen) atoms. The van der Waals surface area contributed by atoms with E-state index in [9.17, 15) is 13.2 Å². The zero-order chi connectivity index (χ0) is 17.2. The first-order valence-corrected chi connectivity index (χ1v) is 9.74. The molecule has 2 N–H and O–H groups in total. The molecule has 1 aliphatic rings. The summed E-state index contributed by atoms with van der Waals surface area (Å²) in [5.41, 5.74) is 3.92. The summed E-state index contributed by atoms with van der Waals surface area (Å²) >= 11 is 0. The molecule has 0 spiro atoms. The Morgan fingerprint density at radius 2 is 1.83 bits per heavy atom. The van der Waals surface area contributed by atoms with Crippen LogP contribution < -0.4 is 10.0 Å². The molecule has 0 heterocycles. The number of benzene rings is 2. The van der Waals surface area contributed by atoms with Crippen LogP contribution in [0.1, 0.15) is 29.0 Å².